The quantitative estimate of drug-likeness (QED) is 0.678. The van der Waals surface area contributed by atoms with Gasteiger partial charge in [-0.05, 0) is 40.8 Å². The predicted molar refractivity (Wildman–Crippen MR) is 68.8 cm³/mol. The van der Waals surface area contributed by atoms with E-state index in [0.717, 1.165) is 14.7 Å². The van der Waals surface area contributed by atoms with Crippen molar-refractivity contribution in [3.63, 3.8) is 0 Å². The highest BCUT2D eigenvalue weighted by atomic mass is 127. The Bertz CT molecular complexity index is 533. The number of halogens is 1. The molecule has 2 rings (SSSR count). The number of methoxy groups -OCH3 is 1. The van der Waals surface area contributed by atoms with Gasteiger partial charge in [-0.15, -0.1) is 0 Å². The van der Waals surface area contributed by atoms with E-state index in [2.05, 4.69) is 35.2 Å². The van der Waals surface area contributed by atoms with Gasteiger partial charge in [0.15, 0.2) is 5.76 Å². The first-order chi connectivity index (χ1) is 7.11. The minimum atomic E-state index is -0.375. The van der Waals surface area contributed by atoms with Crippen molar-refractivity contribution in [1.82, 2.24) is 0 Å². The third-order valence-electron chi connectivity index (χ3n) is 2.00. The zero-order chi connectivity index (χ0) is 11.0. The molecular weight excluding hydrogens is 327 g/mol. The first kappa shape index (κ1) is 10.8. The molecule has 3 nitrogen and oxygen atoms in total. The predicted octanol–water partition coefficient (Wildman–Crippen LogP) is 3.12. The molecule has 2 aromatic rings. The van der Waals surface area contributed by atoms with Crippen LogP contribution in [-0.4, -0.2) is 12.2 Å². The maximum Gasteiger partial charge on any atom is 0.251 e. The van der Waals surface area contributed by atoms with E-state index >= 15 is 0 Å². The molecule has 1 heterocycles. The second kappa shape index (κ2) is 4.05. The van der Waals surface area contributed by atoms with E-state index in [9.17, 15) is 4.79 Å². The first-order valence-corrected chi connectivity index (χ1v) is 5.65. The molecule has 1 aromatic carbocycles. The summed E-state index contributed by atoms with van der Waals surface area (Å²) in [5.41, 5.74) is 0.664. The van der Waals surface area contributed by atoms with Crippen LogP contribution in [0.5, 0.6) is 5.75 Å². The number of fused-ring (bicyclic) bond motifs is 1. The molecule has 0 saturated heterocycles. The standard InChI is InChI=1S/C10H7IO3S/c1-13-8-2-5-3-9(10(12)15)14-7(5)4-6(8)11/h2-4H,1H3,(H,12,15). The normalized spacial score (nSPS) is 10.6. The van der Waals surface area contributed by atoms with Gasteiger partial charge in [-0.3, -0.25) is 4.79 Å². The highest BCUT2D eigenvalue weighted by Crippen LogP contribution is 2.29. The van der Waals surface area contributed by atoms with Crippen molar-refractivity contribution in [2.45, 2.75) is 0 Å². The minimum absolute atomic E-state index is 0.248. The number of ether oxygens (including phenoxy) is 1. The molecule has 5 heteroatoms. The Labute approximate surface area is 105 Å². The molecule has 0 N–H and O–H groups in total. The summed E-state index contributed by atoms with van der Waals surface area (Å²) >= 11 is 5.85. The second-order valence-electron chi connectivity index (χ2n) is 2.94. The number of hydrogen-bond donors (Lipinski definition) is 1. The summed E-state index contributed by atoms with van der Waals surface area (Å²) in [4.78, 5) is 11.0. The number of rotatable bonds is 2. The van der Waals surface area contributed by atoms with Crippen LogP contribution in [0.3, 0.4) is 0 Å². The number of thiol groups is 1. The Morgan fingerprint density at radius 2 is 2.20 bits per heavy atom. The molecule has 0 aliphatic rings. The molecule has 0 aliphatic heterocycles. The highest BCUT2D eigenvalue weighted by molar-refractivity contribution is 14.1. The van der Waals surface area contributed by atoms with Gasteiger partial charge in [-0.25, -0.2) is 0 Å². The fourth-order valence-electron chi connectivity index (χ4n) is 1.30. The van der Waals surface area contributed by atoms with E-state index < -0.39 is 0 Å². The molecule has 0 bridgehead atoms. The maximum absolute atomic E-state index is 11.0. The van der Waals surface area contributed by atoms with Crippen LogP contribution in [-0.2, 0) is 0 Å². The highest BCUT2D eigenvalue weighted by Gasteiger charge is 2.11. The molecule has 0 radical (unpaired) electrons. The van der Waals surface area contributed by atoms with Gasteiger partial charge in [-0.1, -0.05) is 12.6 Å². The van der Waals surface area contributed by atoms with Crippen molar-refractivity contribution in [2.75, 3.05) is 7.11 Å². The molecule has 15 heavy (non-hydrogen) atoms. The van der Waals surface area contributed by atoms with Crippen LogP contribution in [0.25, 0.3) is 11.0 Å². The van der Waals surface area contributed by atoms with E-state index in [1.165, 1.54) is 0 Å². The maximum atomic E-state index is 11.0. The smallest absolute Gasteiger partial charge is 0.251 e. The Balaban J connectivity index is 2.66. The van der Waals surface area contributed by atoms with Crippen LogP contribution in [0.4, 0.5) is 0 Å². The Morgan fingerprint density at radius 1 is 1.47 bits per heavy atom. The number of carbonyl (C=O) groups excluding carboxylic acids is 1. The number of hydrogen-bond acceptors (Lipinski definition) is 3. The topological polar surface area (TPSA) is 39.4 Å². The molecule has 1 aromatic heterocycles. The van der Waals surface area contributed by atoms with E-state index in [1.807, 2.05) is 12.1 Å². The van der Waals surface area contributed by atoms with Crippen LogP contribution in [0.2, 0.25) is 0 Å². The lowest BCUT2D eigenvalue weighted by atomic mass is 10.2. The van der Waals surface area contributed by atoms with Crippen molar-refractivity contribution >= 4 is 51.3 Å². The summed E-state index contributed by atoms with van der Waals surface area (Å²) in [7, 11) is 1.61. The molecule has 0 saturated carbocycles. The van der Waals surface area contributed by atoms with Crippen molar-refractivity contribution in [3.05, 3.63) is 27.5 Å². The average Bonchev–Trinajstić information content (AvgIpc) is 2.59. The Hall–Kier alpha value is -0.690. The van der Waals surface area contributed by atoms with Gasteiger partial charge in [-0.2, -0.15) is 0 Å². The van der Waals surface area contributed by atoms with Crippen LogP contribution in [0.15, 0.2) is 22.6 Å². The summed E-state index contributed by atoms with van der Waals surface area (Å²) in [5.74, 6) is 1.01. The van der Waals surface area contributed by atoms with Crippen LogP contribution in [0, 0.1) is 3.57 Å². The molecule has 78 valence electrons. The Morgan fingerprint density at radius 3 is 2.80 bits per heavy atom. The van der Waals surface area contributed by atoms with Crippen molar-refractivity contribution in [1.29, 1.82) is 0 Å². The van der Waals surface area contributed by atoms with Gasteiger partial charge >= 0.3 is 0 Å². The van der Waals surface area contributed by atoms with Crippen LogP contribution >= 0.6 is 35.2 Å². The van der Waals surface area contributed by atoms with Gasteiger partial charge in [0.1, 0.15) is 11.3 Å². The molecule has 0 aliphatic carbocycles. The number of carbonyl (C=O) groups is 1. The molecular formula is C10H7IO3S. The van der Waals surface area contributed by atoms with Gasteiger partial charge in [0.25, 0.3) is 5.12 Å². The number of benzene rings is 1. The van der Waals surface area contributed by atoms with E-state index in [4.69, 9.17) is 9.15 Å². The van der Waals surface area contributed by atoms with Gasteiger partial charge in [0.05, 0.1) is 10.7 Å². The van der Waals surface area contributed by atoms with E-state index in [1.54, 1.807) is 13.2 Å². The van der Waals surface area contributed by atoms with Crippen molar-refractivity contribution in [3.8, 4) is 5.75 Å². The lowest BCUT2D eigenvalue weighted by Crippen LogP contribution is -1.85. The first-order valence-electron chi connectivity index (χ1n) is 4.12. The summed E-state index contributed by atoms with van der Waals surface area (Å²) in [6.45, 7) is 0. The zero-order valence-electron chi connectivity index (χ0n) is 7.78. The largest absolute Gasteiger partial charge is 0.496 e. The van der Waals surface area contributed by atoms with Crippen LogP contribution < -0.4 is 4.74 Å². The third kappa shape index (κ3) is 1.98. The number of furan rings is 1. The van der Waals surface area contributed by atoms with Crippen molar-refractivity contribution in [2.24, 2.45) is 0 Å². The average molecular weight is 334 g/mol. The molecule has 0 fully saturated rings. The lowest BCUT2D eigenvalue weighted by Gasteiger charge is -2.01. The fraction of sp³-hybridized carbons (Fsp3) is 0.100. The Kier molecular flexibility index (Phi) is 2.92. The molecule has 0 amide bonds. The SMILES string of the molecule is COc1cc2cc(C(=O)S)oc2cc1I. The monoisotopic (exact) mass is 334 g/mol. The molecule has 0 spiro atoms. The molecule has 0 atom stereocenters. The fourth-order valence-corrected chi connectivity index (χ4v) is 2.07. The van der Waals surface area contributed by atoms with Crippen molar-refractivity contribution < 1.29 is 13.9 Å². The van der Waals surface area contributed by atoms with Gasteiger partial charge in [0.2, 0.25) is 0 Å². The minimum Gasteiger partial charge on any atom is -0.496 e. The van der Waals surface area contributed by atoms with Gasteiger partial charge < -0.3 is 9.15 Å². The van der Waals surface area contributed by atoms with E-state index in [-0.39, 0.29) is 10.9 Å². The molecule has 0 unspecified atom stereocenters. The van der Waals surface area contributed by atoms with Gasteiger partial charge in [0, 0.05) is 5.39 Å². The summed E-state index contributed by atoms with van der Waals surface area (Å²) in [6.07, 6.45) is 0. The summed E-state index contributed by atoms with van der Waals surface area (Å²) in [6, 6.07) is 5.32. The summed E-state index contributed by atoms with van der Waals surface area (Å²) in [5, 5.41) is 0.463. The zero-order valence-corrected chi connectivity index (χ0v) is 10.8. The third-order valence-corrected chi connectivity index (χ3v) is 3.06. The lowest BCUT2D eigenvalue weighted by molar-refractivity contribution is 0.106. The second-order valence-corrected chi connectivity index (χ2v) is 4.51. The van der Waals surface area contributed by atoms with E-state index in [0.29, 0.717) is 5.58 Å². The van der Waals surface area contributed by atoms with Crippen LogP contribution in [0.1, 0.15) is 10.6 Å². The summed E-state index contributed by atoms with van der Waals surface area (Å²) < 4.78 is 11.4.